The Morgan fingerprint density at radius 3 is 2.62 bits per heavy atom. The Labute approximate surface area is 242 Å². The molecule has 12 heteroatoms. The number of ether oxygens (including phenoxy) is 2. The van der Waals surface area contributed by atoms with Gasteiger partial charge in [-0.3, -0.25) is 0 Å². The number of carbonyl (C=O) groups is 1. The van der Waals surface area contributed by atoms with Crippen LogP contribution >= 0.6 is 0 Å². The van der Waals surface area contributed by atoms with E-state index in [1.807, 2.05) is 76.4 Å². The summed E-state index contributed by atoms with van der Waals surface area (Å²) in [6.07, 6.45) is 5.62. The Morgan fingerprint density at radius 1 is 1.00 bits per heavy atom. The maximum absolute atomic E-state index is 12.6. The van der Waals surface area contributed by atoms with Crippen LogP contribution in [-0.2, 0) is 4.74 Å². The zero-order valence-electron chi connectivity index (χ0n) is 23.9. The van der Waals surface area contributed by atoms with Crippen molar-refractivity contribution in [1.82, 2.24) is 34.4 Å². The normalized spacial score (nSPS) is 18.2. The lowest BCUT2D eigenvalue weighted by Crippen LogP contribution is -2.70. The maximum atomic E-state index is 12.6. The average Bonchev–Trinajstić information content (AvgIpc) is 3.42. The number of fused-ring (bicyclic) bond motifs is 4. The fraction of sp³-hybridized carbons (Fsp3) is 0.333. The molecule has 1 aromatic carbocycles. The number of aryl methyl sites for hydroxylation is 1. The van der Waals surface area contributed by atoms with Crippen molar-refractivity contribution in [2.75, 3.05) is 23.3 Å². The van der Waals surface area contributed by atoms with Crippen LogP contribution in [0.2, 0.25) is 0 Å². The van der Waals surface area contributed by atoms with Crippen molar-refractivity contribution in [3.63, 3.8) is 0 Å². The molecule has 0 aliphatic carbocycles. The number of piperidine rings is 1. The van der Waals surface area contributed by atoms with E-state index >= 15 is 0 Å². The van der Waals surface area contributed by atoms with Gasteiger partial charge in [-0.05, 0) is 76.1 Å². The molecule has 1 N–H and O–H groups in total. The first kappa shape index (κ1) is 25.9. The summed E-state index contributed by atoms with van der Waals surface area (Å²) >= 11 is 0. The van der Waals surface area contributed by atoms with E-state index in [0.29, 0.717) is 35.8 Å². The molecule has 214 valence electrons. The molecule has 2 aliphatic heterocycles. The average molecular weight is 566 g/mol. The fourth-order valence-corrected chi connectivity index (χ4v) is 5.59. The summed E-state index contributed by atoms with van der Waals surface area (Å²) in [5.41, 5.74) is 3.45. The SMILES string of the molecule is Cc1cc(Nc2ncnc3ccc(N4C5CC4CN(C(=O)OC(C)(C)C)C5)nc23)ccc1Oc1ccn2ncnc2c1. The molecule has 2 atom stereocenters. The number of likely N-dealkylation sites (tertiary alicyclic amines) is 1. The van der Waals surface area contributed by atoms with Gasteiger partial charge in [0.2, 0.25) is 0 Å². The molecule has 0 radical (unpaired) electrons. The number of nitrogens with one attached hydrogen (secondary N) is 1. The summed E-state index contributed by atoms with van der Waals surface area (Å²) in [5.74, 6) is 2.90. The second kappa shape index (κ2) is 9.82. The first-order chi connectivity index (χ1) is 20.2. The standard InChI is InChI=1S/C30H31N9O3/c1-18-11-19(5-7-24(18)41-22-9-10-38-26(13-22)32-17-34-38)35-28-27-23(31-16-33-28)6-8-25(36-27)39-20-12-21(39)15-37(14-20)29(40)42-30(2,3)4/h5-11,13,16-17,20-21H,12,14-15H2,1-4H3,(H,31,33,35). The zero-order chi connectivity index (χ0) is 29.0. The number of hydrogen-bond acceptors (Lipinski definition) is 10. The molecule has 7 rings (SSSR count). The van der Waals surface area contributed by atoms with Crippen molar-refractivity contribution < 1.29 is 14.3 Å². The van der Waals surface area contributed by atoms with E-state index in [-0.39, 0.29) is 18.2 Å². The van der Waals surface area contributed by atoms with Crippen LogP contribution in [0, 0.1) is 6.92 Å². The van der Waals surface area contributed by atoms with E-state index in [2.05, 4.69) is 30.3 Å². The van der Waals surface area contributed by atoms with Crippen LogP contribution in [0.4, 0.5) is 22.1 Å². The predicted molar refractivity (Wildman–Crippen MR) is 157 cm³/mol. The fourth-order valence-electron chi connectivity index (χ4n) is 5.59. The van der Waals surface area contributed by atoms with Crippen LogP contribution in [0.15, 0.2) is 61.3 Å². The molecule has 42 heavy (non-hydrogen) atoms. The Hall–Kier alpha value is -5.00. The van der Waals surface area contributed by atoms with Gasteiger partial charge in [0.1, 0.15) is 41.1 Å². The van der Waals surface area contributed by atoms with Crippen LogP contribution in [0.25, 0.3) is 16.7 Å². The van der Waals surface area contributed by atoms with Gasteiger partial charge in [-0.15, -0.1) is 0 Å². The Bertz CT molecular complexity index is 1800. The smallest absolute Gasteiger partial charge is 0.410 e. The Kier molecular flexibility index (Phi) is 6.07. The van der Waals surface area contributed by atoms with Gasteiger partial charge in [-0.1, -0.05) is 0 Å². The monoisotopic (exact) mass is 565 g/mol. The van der Waals surface area contributed by atoms with Gasteiger partial charge in [0, 0.05) is 31.0 Å². The van der Waals surface area contributed by atoms with E-state index in [4.69, 9.17) is 14.5 Å². The van der Waals surface area contributed by atoms with Crippen molar-refractivity contribution >= 4 is 40.1 Å². The molecular formula is C30H31N9O3. The van der Waals surface area contributed by atoms with Crippen molar-refractivity contribution in [3.8, 4) is 11.5 Å². The number of rotatable bonds is 5. The van der Waals surface area contributed by atoms with Crippen molar-refractivity contribution in [3.05, 3.63) is 66.9 Å². The van der Waals surface area contributed by atoms with Crippen LogP contribution < -0.4 is 15.0 Å². The van der Waals surface area contributed by atoms with Gasteiger partial charge in [-0.2, -0.15) is 5.10 Å². The van der Waals surface area contributed by atoms with Crippen LogP contribution in [0.3, 0.4) is 0 Å². The minimum absolute atomic E-state index is 0.197. The van der Waals surface area contributed by atoms with E-state index < -0.39 is 5.60 Å². The summed E-state index contributed by atoms with van der Waals surface area (Å²) in [5, 5.41) is 7.54. The van der Waals surface area contributed by atoms with Gasteiger partial charge in [0.05, 0.1) is 17.6 Å². The third kappa shape index (κ3) is 4.89. The second-order valence-electron chi connectivity index (χ2n) is 11.7. The second-order valence-corrected chi connectivity index (χ2v) is 11.7. The van der Waals surface area contributed by atoms with Crippen molar-refractivity contribution in [2.45, 2.75) is 51.8 Å². The van der Waals surface area contributed by atoms with E-state index in [1.54, 1.807) is 9.42 Å². The largest absolute Gasteiger partial charge is 0.457 e. The molecule has 2 saturated heterocycles. The number of nitrogens with zero attached hydrogens (tertiary/aromatic N) is 8. The quantitative estimate of drug-likeness (QED) is 0.308. The van der Waals surface area contributed by atoms with Gasteiger partial charge in [0.25, 0.3) is 0 Å². The summed E-state index contributed by atoms with van der Waals surface area (Å²) < 4.78 is 13.4. The van der Waals surface area contributed by atoms with Crippen molar-refractivity contribution in [2.24, 2.45) is 0 Å². The Balaban J connectivity index is 1.08. The number of aromatic nitrogens is 6. The number of hydrogen-bond donors (Lipinski definition) is 1. The maximum Gasteiger partial charge on any atom is 0.410 e. The minimum atomic E-state index is -0.513. The van der Waals surface area contributed by atoms with Crippen molar-refractivity contribution in [1.29, 1.82) is 0 Å². The lowest BCUT2D eigenvalue weighted by molar-refractivity contribution is 0.00843. The first-order valence-corrected chi connectivity index (χ1v) is 13.9. The number of carbonyl (C=O) groups excluding carboxylic acids is 1. The molecular weight excluding hydrogens is 534 g/mol. The summed E-state index contributed by atoms with van der Waals surface area (Å²) in [4.78, 5) is 34.9. The van der Waals surface area contributed by atoms with Crippen LogP contribution in [-0.4, -0.2) is 71.3 Å². The number of piperazine rings is 1. The highest BCUT2D eigenvalue weighted by Gasteiger charge is 2.47. The molecule has 2 unspecified atom stereocenters. The topological polar surface area (TPSA) is 123 Å². The van der Waals surface area contributed by atoms with Crippen LogP contribution in [0.1, 0.15) is 32.8 Å². The minimum Gasteiger partial charge on any atom is -0.457 e. The van der Waals surface area contributed by atoms with Gasteiger partial charge < -0.3 is 24.6 Å². The Morgan fingerprint density at radius 2 is 1.83 bits per heavy atom. The molecule has 2 bridgehead atoms. The number of anilines is 3. The number of amides is 1. The predicted octanol–water partition coefficient (Wildman–Crippen LogP) is 5.11. The third-order valence-electron chi connectivity index (χ3n) is 7.49. The highest BCUT2D eigenvalue weighted by molar-refractivity contribution is 5.88. The van der Waals surface area contributed by atoms with Gasteiger partial charge >= 0.3 is 6.09 Å². The molecule has 0 saturated carbocycles. The van der Waals surface area contributed by atoms with E-state index in [1.165, 1.54) is 12.7 Å². The molecule has 6 heterocycles. The summed E-state index contributed by atoms with van der Waals surface area (Å²) in [7, 11) is 0. The zero-order valence-corrected chi connectivity index (χ0v) is 23.9. The molecule has 4 aromatic heterocycles. The van der Waals surface area contributed by atoms with Gasteiger partial charge in [0.15, 0.2) is 11.5 Å². The first-order valence-electron chi connectivity index (χ1n) is 13.9. The van der Waals surface area contributed by atoms with E-state index in [0.717, 1.165) is 34.8 Å². The van der Waals surface area contributed by atoms with Crippen LogP contribution in [0.5, 0.6) is 11.5 Å². The summed E-state index contributed by atoms with van der Waals surface area (Å²) in [6, 6.07) is 13.9. The number of benzene rings is 1. The molecule has 1 amide bonds. The molecule has 12 nitrogen and oxygen atoms in total. The highest BCUT2D eigenvalue weighted by atomic mass is 16.6. The third-order valence-corrected chi connectivity index (χ3v) is 7.49. The molecule has 2 aliphatic rings. The molecule has 5 aromatic rings. The molecule has 0 spiro atoms. The molecule has 2 fully saturated rings. The lowest BCUT2D eigenvalue weighted by Gasteiger charge is -2.56. The highest BCUT2D eigenvalue weighted by Crippen LogP contribution is 2.38. The lowest BCUT2D eigenvalue weighted by atomic mass is 9.87. The number of pyridine rings is 2. The van der Waals surface area contributed by atoms with Gasteiger partial charge in [-0.25, -0.2) is 29.2 Å². The van der Waals surface area contributed by atoms with E-state index in [9.17, 15) is 4.79 Å². The summed E-state index contributed by atoms with van der Waals surface area (Å²) in [6.45, 7) is 8.89.